The van der Waals surface area contributed by atoms with Crippen LogP contribution in [0.1, 0.15) is 96.8 Å². The molecule has 0 aromatic rings. The summed E-state index contributed by atoms with van der Waals surface area (Å²) in [4.78, 5) is 22.6. The van der Waals surface area contributed by atoms with Crippen LogP contribution in [0, 0.1) is 0 Å². The molecule has 1 fully saturated rings. The molecule has 0 aromatic carbocycles. The van der Waals surface area contributed by atoms with Crippen LogP contribution in [0.15, 0.2) is 12.2 Å². The summed E-state index contributed by atoms with van der Waals surface area (Å²) in [7, 11) is -4.16. The average Bonchev–Trinajstić information content (AvgIpc) is 3.02. The van der Waals surface area contributed by atoms with E-state index >= 15 is 0 Å². The SMILES string of the molecule is CCCCCCCC/C=C\CCCCCCCC(=O)OC[C@@H]1COP(=O)([O-])O1.[Na+]. The van der Waals surface area contributed by atoms with Crippen LogP contribution in [0.5, 0.6) is 0 Å². The summed E-state index contributed by atoms with van der Waals surface area (Å²) in [6.45, 7) is 2.09. The number of phosphoric ester groups is 1. The summed E-state index contributed by atoms with van der Waals surface area (Å²) < 4.78 is 25.1. The molecule has 29 heavy (non-hydrogen) atoms. The predicted molar refractivity (Wildman–Crippen MR) is 109 cm³/mol. The van der Waals surface area contributed by atoms with Crippen LogP contribution in [0.3, 0.4) is 0 Å². The van der Waals surface area contributed by atoms with Gasteiger partial charge in [0.05, 0.1) is 6.61 Å². The molecule has 2 atom stereocenters. The van der Waals surface area contributed by atoms with Crippen molar-refractivity contribution < 1.29 is 57.6 Å². The first-order valence-electron chi connectivity index (χ1n) is 11.0. The molecular formula is C21H38NaO6P. The van der Waals surface area contributed by atoms with E-state index in [-0.39, 0.29) is 48.7 Å². The van der Waals surface area contributed by atoms with E-state index in [4.69, 9.17) is 4.74 Å². The van der Waals surface area contributed by atoms with Gasteiger partial charge in [0.25, 0.3) is 7.82 Å². The van der Waals surface area contributed by atoms with E-state index < -0.39 is 13.9 Å². The zero-order valence-electron chi connectivity index (χ0n) is 18.4. The van der Waals surface area contributed by atoms with E-state index in [1.54, 1.807) is 0 Å². The number of rotatable bonds is 17. The van der Waals surface area contributed by atoms with Crippen molar-refractivity contribution in [1.82, 2.24) is 0 Å². The minimum Gasteiger partial charge on any atom is -0.756 e. The maximum absolute atomic E-state index is 11.6. The maximum atomic E-state index is 11.6. The van der Waals surface area contributed by atoms with Crippen molar-refractivity contribution in [2.75, 3.05) is 13.2 Å². The Kier molecular flexibility index (Phi) is 19.2. The number of carbonyl (C=O) groups is 1. The van der Waals surface area contributed by atoms with Crippen molar-refractivity contribution in [2.45, 2.75) is 103 Å². The fourth-order valence-electron chi connectivity index (χ4n) is 3.09. The topological polar surface area (TPSA) is 84.9 Å². The molecule has 1 unspecified atom stereocenters. The number of carbonyl (C=O) groups excluding carboxylic acids is 1. The third-order valence-corrected chi connectivity index (χ3v) is 5.79. The van der Waals surface area contributed by atoms with Crippen molar-refractivity contribution >= 4 is 13.8 Å². The molecule has 0 N–H and O–H groups in total. The van der Waals surface area contributed by atoms with Gasteiger partial charge in [0, 0.05) is 6.42 Å². The monoisotopic (exact) mass is 440 g/mol. The third-order valence-electron chi connectivity index (χ3n) is 4.77. The fraction of sp³-hybridized carbons (Fsp3) is 0.857. The van der Waals surface area contributed by atoms with Gasteiger partial charge in [0.2, 0.25) is 0 Å². The first-order chi connectivity index (χ1) is 13.5. The summed E-state index contributed by atoms with van der Waals surface area (Å²) in [5, 5.41) is 0. The molecule has 1 aliphatic heterocycles. The molecule has 1 rings (SSSR count). The number of ether oxygens (including phenoxy) is 1. The summed E-state index contributed by atoms with van der Waals surface area (Å²) in [5.74, 6) is -0.311. The molecule has 0 aromatic heterocycles. The Hall–Kier alpha value is 0.320. The summed E-state index contributed by atoms with van der Waals surface area (Å²) in [5.41, 5.74) is 0. The van der Waals surface area contributed by atoms with Crippen LogP contribution in [-0.4, -0.2) is 25.3 Å². The predicted octanol–water partition coefficient (Wildman–Crippen LogP) is 2.45. The van der Waals surface area contributed by atoms with Crippen molar-refractivity contribution in [3.8, 4) is 0 Å². The zero-order chi connectivity index (χ0) is 20.5. The van der Waals surface area contributed by atoms with Gasteiger partial charge in [-0.25, -0.2) is 0 Å². The van der Waals surface area contributed by atoms with Crippen molar-refractivity contribution in [3.63, 3.8) is 0 Å². The largest absolute Gasteiger partial charge is 1.00 e. The molecule has 0 saturated carbocycles. The second-order valence-corrected chi connectivity index (χ2v) is 8.85. The fourth-order valence-corrected chi connectivity index (χ4v) is 3.99. The van der Waals surface area contributed by atoms with E-state index in [2.05, 4.69) is 28.1 Å². The van der Waals surface area contributed by atoms with Gasteiger partial charge in [-0.2, -0.15) is 0 Å². The number of unbranched alkanes of at least 4 members (excludes halogenated alkanes) is 11. The molecule has 0 radical (unpaired) electrons. The summed E-state index contributed by atoms with van der Waals surface area (Å²) in [6.07, 6.45) is 20.0. The molecule has 0 spiro atoms. The number of hydrogen-bond acceptors (Lipinski definition) is 6. The number of phosphoric acid groups is 1. The Morgan fingerprint density at radius 2 is 1.55 bits per heavy atom. The number of hydrogen-bond donors (Lipinski definition) is 0. The molecule has 1 heterocycles. The standard InChI is InChI=1S/C21H39O6P.Na/c1-2-3-4-5-6-7-8-9-10-11-12-13-14-15-16-17-21(22)25-18-20-19-26-28(23,24)27-20;/h9-10,20H,2-8,11-19H2,1H3,(H,23,24);/q;+1/p-1/b10-9-;/t20-;/m1./s1. The van der Waals surface area contributed by atoms with E-state index in [0.717, 1.165) is 25.7 Å². The molecule has 0 amide bonds. The second-order valence-electron chi connectivity index (χ2n) is 7.49. The Balaban J connectivity index is 0.00000784. The van der Waals surface area contributed by atoms with Gasteiger partial charge in [0.15, 0.2) is 0 Å². The molecule has 164 valence electrons. The zero-order valence-corrected chi connectivity index (χ0v) is 21.3. The molecule has 6 nitrogen and oxygen atoms in total. The molecule has 1 aliphatic rings. The first kappa shape index (κ1) is 29.3. The average molecular weight is 440 g/mol. The Bertz CT molecular complexity index is 486. The molecule has 0 bridgehead atoms. The van der Waals surface area contributed by atoms with Gasteiger partial charge in [-0.1, -0.05) is 70.4 Å². The third kappa shape index (κ3) is 17.7. The van der Waals surface area contributed by atoms with Crippen molar-refractivity contribution in [3.05, 3.63) is 12.2 Å². The smallest absolute Gasteiger partial charge is 0.756 e. The Labute approximate surface area is 199 Å². The van der Waals surface area contributed by atoms with E-state index in [1.807, 2.05) is 0 Å². The van der Waals surface area contributed by atoms with Gasteiger partial charge in [0.1, 0.15) is 12.7 Å². The number of esters is 1. The first-order valence-corrected chi connectivity index (χ1v) is 12.4. The second kappa shape index (κ2) is 19.0. The minimum absolute atomic E-state index is 0. The van der Waals surface area contributed by atoms with Gasteiger partial charge in [-0.15, -0.1) is 0 Å². The Morgan fingerprint density at radius 3 is 2.10 bits per heavy atom. The quantitative estimate of drug-likeness (QED) is 0.114. The van der Waals surface area contributed by atoms with Gasteiger partial charge < -0.3 is 18.7 Å². The molecule has 1 saturated heterocycles. The molecule has 0 aliphatic carbocycles. The Morgan fingerprint density at radius 1 is 1.00 bits per heavy atom. The number of allylic oxidation sites excluding steroid dienone is 2. The summed E-state index contributed by atoms with van der Waals surface area (Å²) in [6, 6.07) is 0. The minimum atomic E-state index is -4.16. The van der Waals surface area contributed by atoms with Gasteiger partial charge >= 0.3 is 35.5 Å². The van der Waals surface area contributed by atoms with Crippen LogP contribution in [0.4, 0.5) is 0 Å². The van der Waals surface area contributed by atoms with Crippen LogP contribution >= 0.6 is 7.82 Å². The summed E-state index contributed by atoms with van der Waals surface area (Å²) >= 11 is 0. The van der Waals surface area contributed by atoms with Crippen LogP contribution in [0.25, 0.3) is 0 Å². The maximum Gasteiger partial charge on any atom is 1.00 e. The van der Waals surface area contributed by atoms with Crippen LogP contribution in [0.2, 0.25) is 0 Å². The van der Waals surface area contributed by atoms with E-state index in [0.29, 0.717) is 6.42 Å². The van der Waals surface area contributed by atoms with E-state index in [9.17, 15) is 14.3 Å². The van der Waals surface area contributed by atoms with Gasteiger partial charge in [-0.3, -0.25) is 9.36 Å². The molecule has 8 heteroatoms. The van der Waals surface area contributed by atoms with Gasteiger partial charge in [-0.05, 0) is 32.1 Å². The van der Waals surface area contributed by atoms with Crippen molar-refractivity contribution in [2.24, 2.45) is 0 Å². The van der Waals surface area contributed by atoms with Crippen molar-refractivity contribution in [1.29, 1.82) is 0 Å². The van der Waals surface area contributed by atoms with Crippen LogP contribution in [-0.2, 0) is 23.1 Å². The van der Waals surface area contributed by atoms with E-state index in [1.165, 1.54) is 57.8 Å². The normalized spacial score (nSPS) is 21.4. The molecular weight excluding hydrogens is 402 g/mol. The van der Waals surface area contributed by atoms with Crippen LogP contribution < -0.4 is 34.5 Å².